The van der Waals surface area contributed by atoms with Crippen LogP contribution in [0.15, 0.2) is 56.3 Å². The molecule has 4 heterocycles. The molecule has 3 aliphatic rings. The van der Waals surface area contributed by atoms with Gasteiger partial charge in [-0.25, -0.2) is 4.79 Å². The van der Waals surface area contributed by atoms with E-state index in [2.05, 4.69) is 59.6 Å². The Labute approximate surface area is 312 Å². The molecule has 0 radical (unpaired) electrons. The van der Waals surface area contributed by atoms with Crippen LogP contribution in [0.1, 0.15) is 63.0 Å². The van der Waals surface area contributed by atoms with Crippen molar-refractivity contribution in [3.05, 3.63) is 72.6 Å². The number of piperidine rings is 2. The van der Waals surface area contributed by atoms with Crippen LogP contribution < -0.4 is 20.7 Å². The number of rotatable bonds is 7. The molecule has 3 saturated heterocycles. The van der Waals surface area contributed by atoms with Crippen molar-refractivity contribution in [2.45, 2.75) is 75.9 Å². The molecule has 2 unspecified atom stereocenters. The molecule has 3 amide bonds. The van der Waals surface area contributed by atoms with E-state index in [1.807, 2.05) is 29.3 Å². The van der Waals surface area contributed by atoms with Crippen LogP contribution in [-0.4, -0.2) is 92.9 Å². The predicted octanol–water partition coefficient (Wildman–Crippen LogP) is 5.01. The molecule has 13 heteroatoms. The average Bonchev–Trinajstić information content (AvgIpc) is 3.28. The van der Waals surface area contributed by atoms with Crippen molar-refractivity contribution in [1.82, 2.24) is 30.0 Å². The molecule has 0 bridgehead atoms. The van der Waals surface area contributed by atoms with E-state index in [0.717, 1.165) is 43.8 Å². The number of amides is 3. The van der Waals surface area contributed by atoms with Crippen LogP contribution in [0.4, 0.5) is 4.79 Å². The first-order chi connectivity index (χ1) is 23.2. The Balaban J connectivity index is 1.11. The van der Waals surface area contributed by atoms with E-state index in [1.54, 1.807) is 15.5 Å². The van der Waals surface area contributed by atoms with Gasteiger partial charge in [0.1, 0.15) is 0 Å². The summed E-state index contributed by atoms with van der Waals surface area (Å²) in [6, 6.07) is 11.1. The minimum absolute atomic E-state index is 0.0185. The topological polar surface area (TPSA) is 102 Å². The standard InChI is InChI=1S/C35H44AsBr2ClN6O3/c36-32-27(37)17-22(18-28(32)38)19-30(33(46)43-13-8-23(9-14-43)29-7-2-1-3-12-40-29)41-34(47)44-15-10-26(11-16-44)45-21-31(42-35(45)48)24-5-4-6-25(39)20-24/h4-6,17-18,20-21,23,26,29-30,40H,1-3,7-16,19,36H2,(H,41,47)(H,42,48)/t29?,30-/m1/s1. The third kappa shape index (κ3) is 8.63. The Morgan fingerprint density at radius 3 is 2.38 bits per heavy atom. The molecule has 3 fully saturated rings. The maximum absolute atomic E-state index is 14.1. The molecule has 3 aromatic rings. The molecule has 48 heavy (non-hydrogen) atoms. The Kier molecular flexibility index (Phi) is 12.2. The Bertz CT molecular complexity index is 1640. The number of carbonyl (C=O) groups excluding carboxylic acids is 2. The van der Waals surface area contributed by atoms with Gasteiger partial charge in [0.05, 0.1) is 5.69 Å². The molecule has 0 saturated carbocycles. The van der Waals surface area contributed by atoms with E-state index in [0.29, 0.717) is 68.1 Å². The first-order valence-corrected chi connectivity index (χ1v) is 20.2. The molecular formula is C35H44AsBr2ClN6O3. The summed E-state index contributed by atoms with van der Waals surface area (Å²) < 4.78 is 4.86. The molecule has 9 nitrogen and oxygen atoms in total. The second-order valence-electron chi connectivity index (χ2n) is 13.4. The molecule has 0 aliphatic carbocycles. The third-order valence-corrected chi connectivity index (χ3v) is 14.8. The van der Waals surface area contributed by atoms with E-state index in [1.165, 1.54) is 42.5 Å². The minimum atomic E-state index is -0.678. The Hall–Kier alpha value is -2.04. The number of urea groups is 1. The van der Waals surface area contributed by atoms with Crippen molar-refractivity contribution in [3.8, 4) is 11.3 Å². The van der Waals surface area contributed by atoms with Gasteiger partial charge in [-0.05, 0) is 31.5 Å². The Morgan fingerprint density at radius 1 is 0.958 bits per heavy atom. The van der Waals surface area contributed by atoms with Crippen molar-refractivity contribution < 1.29 is 9.59 Å². The van der Waals surface area contributed by atoms with Crippen LogP contribution in [-0.2, 0) is 11.2 Å². The number of benzene rings is 2. The first kappa shape index (κ1) is 35.8. The molecule has 6 rings (SSSR count). The summed E-state index contributed by atoms with van der Waals surface area (Å²) in [6.07, 6.45) is 10.5. The third-order valence-electron chi connectivity index (χ3n) is 10.2. The monoisotopic (exact) mass is 864 g/mol. The van der Waals surface area contributed by atoms with Crippen LogP contribution >= 0.6 is 43.5 Å². The van der Waals surface area contributed by atoms with E-state index < -0.39 is 6.04 Å². The second kappa shape index (κ2) is 16.3. The normalized spacial score (nSPS) is 20.4. The van der Waals surface area contributed by atoms with Crippen LogP contribution in [0, 0.1) is 5.92 Å². The molecule has 3 aliphatic heterocycles. The van der Waals surface area contributed by atoms with Crippen molar-refractivity contribution in [2.24, 2.45) is 5.92 Å². The summed E-state index contributed by atoms with van der Waals surface area (Å²) in [4.78, 5) is 47.4. The van der Waals surface area contributed by atoms with Crippen molar-refractivity contribution in [3.63, 3.8) is 0 Å². The zero-order valence-electron chi connectivity index (χ0n) is 27.0. The number of aromatic nitrogens is 2. The summed E-state index contributed by atoms with van der Waals surface area (Å²) in [6.45, 7) is 3.50. The summed E-state index contributed by atoms with van der Waals surface area (Å²) in [7, 11) is 0. The van der Waals surface area contributed by atoms with Gasteiger partial charge in [-0.3, -0.25) is 4.57 Å². The van der Waals surface area contributed by atoms with E-state index in [-0.39, 0.29) is 23.7 Å². The SMILES string of the molecule is O=C(N[C@H](Cc1cc(Br)c([AsH2])c(Br)c1)C(=O)N1CCC(C2CCCCCN2)CC1)N1CCC(n2cc(-c3cccc(Cl)c3)[nH]c2=O)CC1. The quantitative estimate of drug-likeness (QED) is 0.291. The van der Waals surface area contributed by atoms with Gasteiger partial charge in [0.15, 0.2) is 0 Å². The van der Waals surface area contributed by atoms with Gasteiger partial charge in [0, 0.05) is 16.8 Å². The van der Waals surface area contributed by atoms with Gasteiger partial charge in [-0.15, -0.1) is 0 Å². The summed E-state index contributed by atoms with van der Waals surface area (Å²) >= 11 is 15.0. The second-order valence-corrected chi connectivity index (χ2v) is 16.7. The van der Waals surface area contributed by atoms with Crippen molar-refractivity contribution >= 4 is 76.6 Å². The van der Waals surface area contributed by atoms with E-state index in [4.69, 9.17) is 11.6 Å². The van der Waals surface area contributed by atoms with Crippen LogP contribution in [0.25, 0.3) is 11.3 Å². The fourth-order valence-corrected chi connectivity index (χ4v) is 9.28. The first-order valence-electron chi connectivity index (χ1n) is 17.0. The fourth-order valence-electron chi connectivity index (χ4n) is 7.46. The number of nitrogens with zero attached hydrogens (tertiary/aromatic N) is 3. The number of aromatic amines is 1. The van der Waals surface area contributed by atoms with Crippen molar-refractivity contribution in [1.29, 1.82) is 0 Å². The van der Waals surface area contributed by atoms with Crippen LogP contribution in [0.3, 0.4) is 0 Å². The number of carbonyl (C=O) groups is 2. The van der Waals surface area contributed by atoms with Crippen LogP contribution in [0.2, 0.25) is 5.02 Å². The number of hydrogen-bond donors (Lipinski definition) is 3. The Morgan fingerprint density at radius 2 is 1.67 bits per heavy atom. The average molecular weight is 867 g/mol. The molecule has 2 aromatic carbocycles. The van der Waals surface area contributed by atoms with Crippen molar-refractivity contribution in [2.75, 3.05) is 32.7 Å². The predicted molar refractivity (Wildman–Crippen MR) is 201 cm³/mol. The van der Waals surface area contributed by atoms with E-state index in [9.17, 15) is 14.4 Å². The fraction of sp³-hybridized carbons (Fsp3) is 0.514. The molecule has 1 aromatic heterocycles. The van der Waals surface area contributed by atoms with Gasteiger partial charge in [0.25, 0.3) is 0 Å². The van der Waals surface area contributed by atoms with Crippen LogP contribution in [0.5, 0.6) is 0 Å². The van der Waals surface area contributed by atoms with Gasteiger partial charge in [-0.1, -0.05) is 36.6 Å². The summed E-state index contributed by atoms with van der Waals surface area (Å²) in [5.74, 6) is 0.566. The zero-order valence-corrected chi connectivity index (χ0v) is 33.4. The summed E-state index contributed by atoms with van der Waals surface area (Å²) in [5, 5.41) is 7.50. The number of likely N-dealkylation sites (tertiary alicyclic amines) is 2. The number of hydrogen-bond acceptors (Lipinski definition) is 4. The maximum atomic E-state index is 14.1. The number of H-pyrrole nitrogens is 1. The zero-order chi connectivity index (χ0) is 33.8. The molecule has 3 N–H and O–H groups in total. The van der Waals surface area contributed by atoms with Gasteiger partial charge >= 0.3 is 204 Å². The molecule has 0 spiro atoms. The molecule has 3 atom stereocenters. The molecule has 258 valence electrons. The molecular weight excluding hydrogens is 823 g/mol. The number of imidazole rings is 1. The number of halogens is 3. The number of nitrogens with one attached hydrogen (secondary N) is 3. The summed E-state index contributed by atoms with van der Waals surface area (Å²) in [5.41, 5.74) is 2.37. The van der Waals surface area contributed by atoms with Gasteiger partial charge < -0.3 is 10.3 Å². The van der Waals surface area contributed by atoms with Gasteiger partial charge in [0.2, 0.25) is 0 Å². The van der Waals surface area contributed by atoms with Gasteiger partial charge in [-0.2, -0.15) is 0 Å². The van der Waals surface area contributed by atoms with E-state index >= 15 is 0 Å².